The molecule has 0 aliphatic carbocycles. The summed E-state index contributed by atoms with van der Waals surface area (Å²) in [6.07, 6.45) is 0. The standard InChI is InChI=1S/C5H14N2O.ClH/c1-7(3-2-6)4-5-8;/h8H,2-6H2,1H3;1H. The van der Waals surface area contributed by atoms with E-state index >= 15 is 0 Å². The minimum absolute atomic E-state index is 0. The van der Waals surface area contributed by atoms with E-state index in [2.05, 4.69) is 0 Å². The first-order valence-corrected chi connectivity index (χ1v) is 2.80. The monoisotopic (exact) mass is 154 g/mol. The Morgan fingerprint density at radius 3 is 2.33 bits per heavy atom. The Morgan fingerprint density at radius 2 is 2.00 bits per heavy atom. The molecule has 4 heteroatoms. The number of halogens is 1. The molecule has 0 saturated heterocycles. The molecule has 3 N–H and O–H groups in total. The summed E-state index contributed by atoms with van der Waals surface area (Å²) >= 11 is 0. The Bertz CT molecular complexity index is 48.2. The molecule has 0 spiro atoms. The first kappa shape index (κ1) is 11.9. The molecule has 0 aromatic carbocycles. The zero-order valence-electron chi connectivity index (χ0n) is 5.71. The number of rotatable bonds is 4. The van der Waals surface area contributed by atoms with Crippen LogP contribution in [0.2, 0.25) is 0 Å². The molecule has 0 bridgehead atoms. The van der Waals surface area contributed by atoms with Gasteiger partial charge in [-0.1, -0.05) is 0 Å². The summed E-state index contributed by atoms with van der Waals surface area (Å²) in [4.78, 5) is 1.99. The summed E-state index contributed by atoms with van der Waals surface area (Å²) < 4.78 is 0. The van der Waals surface area contributed by atoms with Crippen molar-refractivity contribution < 1.29 is 5.11 Å². The summed E-state index contributed by atoms with van der Waals surface area (Å²) in [5.41, 5.74) is 5.24. The molecule has 0 aromatic heterocycles. The van der Waals surface area contributed by atoms with Crippen LogP contribution >= 0.6 is 12.4 Å². The van der Waals surface area contributed by atoms with Gasteiger partial charge in [-0.05, 0) is 7.05 Å². The van der Waals surface area contributed by atoms with Crippen molar-refractivity contribution >= 4 is 12.4 Å². The van der Waals surface area contributed by atoms with Gasteiger partial charge >= 0.3 is 0 Å². The van der Waals surface area contributed by atoms with Gasteiger partial charge in [-0.3, -0.25) is 0 Å². The second kappa shape index (κ2) is 8.17. The number of aliphatic hydroxyl groups excluding tert-OH is 1. The maximum Gasteiger partial charge on any atom is 0.0558 e. The average Bonchev–Trinajstić information content (AvgIpc) is 1.68. The molecular formula is C5H15ClN2O. The highest BCUT2D eigenvalue weighted by molar-refractivity contribution is 5.85. The predicted molar refractivity (Wildman–Crippen MR) is 40.9 cm³/mol. The van der Waals surface area contributed by atoms with Gasteiger partial charge in [-0.15, -0.1) is 12.4 Å². The molecule has 0 fully saturated rings. The smallest absolute Gasteiger partial charge is 0.0558 e. The van der Waals surface area contributed by atoms with Crippen LogP contribution in [0.1, 0.15) is 0 Å². The van der Waals surface area contributed by atoms with E-state index in [-0.39, 0.29) is 19.0 Å². The first-order chi connectivity index (χ1) is 3.81. The minimum Gasteiger partial charge on any atom is -0.395 e. The van der Waals surface area contributed by atoms with E-state index in [1.165, 1.54) is 0 Å². The normalized spacial score (nSPS) is 9.33. The van der Waals surface area contributed by atoms with E-state index in [4.69, 9.17) is 10.8 Å². The van der Waals surface area contributed by atoms with Gasteiger partial charge < -0.3 is 15.7 Å². The molecule has 0 aliphatic heterocycles. The molecule has 0 radical (unpaired) electrons. The van der Waals surface area contributed by atoms with E-state index in [1.807, 2.05) is 11.9 Å². The van der Waals surface area contributed by atoms with Gasteiger partial charge in [-0.2, -0.15) is 0 Å². The third kappa shape index (κ3) is 8.17. The lowest BCUT2D eigenvalue weighted by Gasteiger charge is -2.11. The Labute approximate surface area is 62.2 Å². The van der Waals surface area contributed by atoms with Gasteiger partial charge in [0.1, 0.15) is 0 Å². The summed E-state index contributed by atoms with van der Waals surface area (Å²) in [6, 6.07) is 0. The molecule has 9 heavy (non-hydrogen) atoms. The van der Waals surface area contributed by atoms with Gasteiger partial charge in [0.2, 0.25) is 0 Å². The lowest BCUT2D eigenvalue weighted by atomic mass is 10.5. The van der Waals surface area contributed by atoms with Crippen LogP contribution in [0.5, 0.6) is 0 Å². The van der Waals surface area contributed by atoms with Crippen LogP contribution in [-0.2, 0) is 0 Å². The van der Waals surface area contributed by atoms with E-state index < -0.39 is 0 Å². The fourth-order valence-corrected chi connectivity index (χ4v) is 0.503. The molecule has 0 saturated carbocycles. The number of hydrogen-bond acceptors (Lipinski definition) is 3. The third-order valence-electron chi connectivity index (χ3n) is 0.993. The van der Waals surface area contributed by atoms with Gasteiger partial charge in [0.05, 0.1) is 6.61 Å². The Morgan fingerprint density at radius 1 is 1.44 bits per heavy atom. The molecular weight excluding hydrogens is 140 g/mol. The topological polar surface area (TPSA) is 49.5 Å². The highest BCUT2D eigenvalue weighted by Crippen LogP contribution is 1.75. The molecule has 58 valence electrons. The molecule has 0 rings (SSSR count). The predicted octanol–water partition coefficient (Wildman–Crippen LogP) is -0.709. The minimum atomic E-state index is 0. The van der Waals surface area contributed by atoms with Gasteiger partial charge in [-0.25, -0.2) is 0 Å². The number of nitrogens with two attached hydrogens (primary N) is 1. The maximum absolute atomic E-state index is 8.38. The van der Waals surface area contributed by atoms with Crippen molar-refractivity contribution in [1.82, 2.24) is 4.90 Å². The molecule has 0 unspecified atom stereocenters. The van der Waals surface area contributed by atoms with Crippen molar-refractivity contribution in [2.24, 2.45) is 5.73 Å². The number of aliphatic hydroxyl groups is 1. The summed E-state index contributed by atoms with van der Waals surface area (Å²) in [5, 5.41) is 8.38. The van der Waals surface area contributed by atoms with Crippen molar-refractivity contribution in [2.45, 2.75) is 0 Å². The van der Waals surface area contributed by atoms with Crippen LogP contribution in [0, 0.1) is 0 Å². The van der Waals surface area contributed by atoms with Gasteiger partial charge in [0, 0.05) is 19.6 Å². The number of hydrogen-bond donors (Lipinski definition) is 2. The zero-order valence-corrected chi connectivity index (χ0v) is 6.52. The van der Waals surface area contributed by atoms with Crippen LogP contribution in [0.3, 0.4) is 0 Å². The van der Waals surface area contributed by atoms with Crippen molar-refractivity contribution in [1.29, 1.82) is 0 Å². The SMILES string of the molecule is CN(CCN)CCO.Cl. The highest BCUT2D eigenvalue weighted by atomic mass is 35.5. The number of nitrogens with zero attached hydrogens (tertiary/aromatic N) is 1. The van der Waals surface area contributed by atoms with Crippen LogP contribution in [0.4, 0.5) is 0 Å². The van der Waals surface area contributed by atoms with Gasteiger partial charge in [0.25, 0.3) is 0 Å². The third-order valence-corrected chi connectivity index (χ3v) is 0.993. The highest BCUT2D eigenvalue weighted by Gasteiger charge is 1.91. The number of likely N-dealkylation sites (N-methyl/N-ethyl adjacent to an activating group) is 1. The Hall–Kier alpha value is 0.170. The van der Waals surface area contributed by atoms with Crippen LogP contribution in [0.25, 0.3) is 0 Å². The quantitative estimate of drug-likeness (QED) is 0.563. The molecule has 0 aliphatic rings. The molecule has 0 amide bonds. The van der Waals surface area contributed by atoms with E-state index in [0.29, 0.717) is 6.54 Å². The van der Waals surface area contributed by atoms with Gasteiger partial charge in [0.15, 0.2) is 0 Å². The second-order valence-electron chi connectivity index (χ2n) is 1.82. The fourth-order valence-electron chi connectivity index (χ4n) is 0.503. The summed E-state index contributed by atoms with van der Waals surface area (Å²) in [7, 11) is 1.93. The fraction of sp³-hybridized carbons (Fsp3) is 1.00. The molecule has 0 aromatic rings. The lowest BCUT2D eigenvalue weighted by molar-refractivity contribution is 0.224. The van der Waals surface area contributed by atoms with Crippen molar-refractivity contribution in [3.8, 4) is 0 Å². The summed E-state index contributed by atoms with van der Waals surface area (Å²) in [5.74, 6) is 0. The second-order valence-corrected chi connectivity index (χ2v) is 1.82. The van der Waals surface area contributed by atoms with Crippen LogP contribution in [0.15, 0.2) is 0 Å². The molecule has 3 nitrogen and oxygen atoms in total. The lowest BCUT2D eigenvalue weighted by Crippen LogP contribution is -2.27. The van der Waals surface area contributed by atoms with Crippen LogP contribution in [-0.4, -0.2) is 43.3 Å². The van der Waals surface area contributed by atoms with E-state index in [9.17, 15) is 0 Å². The maximum atomic E-state index is 8.38. The van der Waals surface area contributed by atoms with Crippen molar-refractivity contribution in [3.63, 3.8) is 0 Å². The largest absolute Gasteiger partial charge is 0.395 e. The molecule has 0 atom stereocenters. The average molecular weight is 155 g/mol. The zero-order chi connectivity index (χ0) is 6.41. The molecule has 0 heterocycles. The van der Waals surface area contributed by atoms with Crippen molar-refractivity contribution in [2.75, 3.05) is 33.3 Å². The Kier molecular flexibility index (Phi) is 10.8. The summed E-state index contributed by atoms with van der Waals surface area (Å²) in [6.45, 7) is 2.46. The first-order valence-electron chi connectivity index (χ1n) is 2.80. The Balaban J connectivity index is 0. The van der Waals surface area contributed by atoms with E-state index in [0.717, 1.165) is 13.1 Å². The van der Waals surface area contributed by atoms with Crippen LogP contribution < -0.4 is 5.73 Å². The van der Waals surface area contributed by atoms with Crippen molar-refractivity contribution in [3.05, 3.63) is 0 Å². The van der Waals surface area contributed by atoms with E-state index in [1.54, 1.807) is 0 Å².